The van der Waals surface area contributed by atoms with Crippen LogP contribution in [0.5, 0.6) is 11.5 Å². The van der Waals surface area contributed by atoms with Crippen molar-refractivity contribution < 1.29 is 18.8 Å². The summed E-state index contributed by atoms with van der Waals surface area (Å²) in [6.07, 6.45) is 0. The molecule has 0 radical (unpaired) electrons. The van der Waals surface area contributed by atoms with Crippen molar-refractivity contribution in [3.63, 3.8) is 0 Å². The Hall–Kier alpha value is -4.63. The van der Waals surface area contributed by atoms with Crippen molar-refractivity contribution in [3.05, 3.63) is 124 Å². The Morgan fingerprint density at radius 3 is 2.06 bits per heavy atom. The molecule has 1 aliphatic rings. The average molecular weight is 651 g/mol. The van der Waals surface area contributed by atoms with Crippen LogP contribution in [-0.4, -0.2) is 60.6 Å². The first kappa shape index (κ1) is 32.3. The maximum atomic E-state index is 13.3. The summed E-state index contributed by atoms with van der Waals surface area (Å²) >= 11 is 6.84. The Labute approximate surface area is 280 Å². The first-order valence-corrected chi connectivity index (χ1v) is 16.3. The largest absolute Gasteiger partial charge is 0.488 e. The number of carbonyl (C=O) groups is 1. The summed E-state index contributed by atoms with van der Waals surface area (Å²) in [6.45, 7) is 8.03. The summed E-state index contributed by atoms with van der Waals surface area (Å²) in [5, 5.41) is 7.52. The van der Waals surface area contributed by atoms with Crippen LogP contribution in [0.25, 0.3) is 22.5 Å². The molecular weight excluding hydrogens is 612 g/mol. The molecule has 0 saturated carbocycles. The average Bonchev–Trinajstić information content (AvgIpc) is 3.55. The molecule has 0 bridgehead atoms. The molecule has 0 atom stereocenters. The van der Waals surface area contributed by atoms with Crippen molar-refractivity contribution in [2.45, 2.75) is 26.7 Å². The van der Waals surface area contributed by atoms with E-state index >= 15 is 0 Å². The lowest BCUT2D eigenvalue weighted by Crippen LogP contribution is -2.43. The molecule has 1 N–H and O–H groups in total. The van der Waals surface area contributed by atoms with Gasteiger partial charge in [-0.15, -0.1) is 0 Å². The first-order valence-electron chi connectivity index (χ1n) is 15.9. The molecule has 1 fully saturated rings. The van der Waals surface area contributed by atoms with Crippen molar-refractivity contribution in [3.8, 4) is 33.9 Å². The van der Waals surface area contributed by atoms with Gasteiger partial charge in [0.2, 0.25) is 0 Å². The minimum absolute atomic E-state index is 0.197. The second kappa shape index (κ2) is 15.3. The third kappa shape index (κ3) is 8.03. The number of rotatable bonds is 12. The molecule has 0 unspecified atom stereocenters. The minimum atomic E-state index is -0.320. The molecule has 5 aromatic rings. The van der Waals surface area contributed by atoms with Crippen molar-refractivity contribution in [2.75, 3.05) is 39.8 Å². The second-order valence-corrected chi connectivity index (χ2v) is 12.1. The highest BCUT2D eigenvalue weighted by molar-refractivity contribution is 6.32. The number of likely N-dealkylation sites (N-methyl/N-ethyl adjacent to an activating group) is 1. The van der Waals surface area contributed by atoms with E-state index < -0.39 is 0 Å². The molecule has 242 valence electrons. The molecule has 1 saturated heterocycles. The highest BCUT2D eigenvalue weighted by atomic mass is 35.5. The fraction of sp³-hybridized carbons (Fsp3) is 0.263. The van der Waals surface area contributed by atoms with Gasteiger partial charge in [-0.1, -0.05) is 102 Å². The number of halogens is 1. The molecule has 6 rings (SSSR count). The van der Waals surface area contributed by atoms with Crippen LogP contribution in [-0.2, 0) is 19.8 Å². The number of benzene rings is 4. The normalized spacial score (nSPS) is 13.8. The van der Waals surface area contributed by atoms with Crippen LogP contribution in [0.4, 0.5) is 0 Å². The molecular formula is C38H39ClN4O4. The highest BCUT2D eigenvalue weighted by Gasteiger charge is 2.27. The zero-order chi connectivity index (χ0) is 32.6. The zero-order valence-electron chi connectivity index (χ0n) is 26.7. The maximum Gasteiger partial charge on any atom is 0.274 e. The van der Waals surface area contributed by atoms with E-state index in [0.29, 0.717) is 53.2 Å². The van der Waals surface area contributed by atoms with Gasteiger partial charge >= 0.3 is 0 Å². The monoisotopic (exact) mass is 650 g/mol. The van der Waals surface area contributed by atoms with Gasteiger partial charge in [-0.3, -0.25) is 9.69 Å². The van der Waals surface area contributed by atoms with Gasteiger partial charge in [0, 0.05) is 45.3 Å². The molecule has 1 amide bonds. The van der Waals surface area contributed by atoms with E-state index in [1.807, 2.05) is 79.7 Å². The van der Waals surface area contributed by atoms with E-state index in [4.69, 9.17) is 25.6 Å². The van der Waals surface area contributed by atoms with Gasteiger partial charge in [-0.2, -0.15) is 0 Å². The standard InChI is InChI=1S/C38H39ClN4O4/c1-3-40-38(44)36-35(30-16-14-27(15-17-30)24-43-20-18-42(2)19-21-43)37(47-41-36)31-22-32(39)34(46-26-29-12-8-5-9-13-29)23-33(31)45-25-28-10-6-4-7-11-28/h4-17,22-23H,3,18-21,24-26H2,1-2H3,(H,40,44). The summed E-state index contributed by atoms with van der Waals surface area (Å²) in [5.41, 5.74) is 5.35. The molecule has 1 aliphatic heterocycles. The summed E-state index contributed by atoms with van der Waals surface area (Å²) in [5.74, 6) is 1.03. The quantitative estimate of drug-likeness (QED) is 0.152. The van der Waals surface area contributed by atoms with Gasteiger partial charge in [-0.05, 0) is 42.3 Å². The number of amides is 1. The van der Waals surface area contributed by atoms with Crippen LogP contribution in [0.15, 0.2) is 102 Å². The Balaban J connectivity index is 1.37. The molecule has 4 aromatic carbocycles. The number of hydrogen-bond donors (Lipinski definition) is 1. The zero-order valence-corrected chi connectivity index (χ0v) is 27.5. The molecule has 1 aromatic heterocycles. The fourth-order valence-corrected chi connectivity index (χ4v) is 5.81. The third-order valence-corrected chi connectivity index (χ3v) is 8.54. The number of hydrogen-bond acceptors (Lipinski definition) is 7. The lowest BCUT2D eigenvalue weighted by atomic mass is 9.97. The summed E-state index contributed by atoms with van der Waals surface area (Å²) < 4.78 is 18.5. The van der Waals surface area contributed by atoms with Crippen molar-refractivity contribution in [1.82, 2.24) is 20.3 Å². The molecule has 0 aliphatic carbocycles. The van der Waals surface area contributed by atoms with Gasteiger partial charge in [0.25, 0.3) is 5.91 Å². The Bertz CT molecular complexity index is 1770. The van der Waals surface area contributed by atoms with E-state index in [-0.39, 0.29) is 11.6 Å². The number of carbonyl (C=O) groups excluding carboxylic acids is 1. The first-order chi connectivity index (χ1) is 23.0. The van der Waals surface area contributed by atoms with Crippen LogP contribution in [0.2, 0.25) is 5.02 Å². The van der Waals surface area contributed by atoms with E-state index in [2.05, 4.69) is 39.5 Å². The number of nitrogens with zero attached hydrogens (tertiary/aromatic N) is 3. The Morgan fingerprint density at radius 1 is 0.830 bits per heavy atom. The number of piperazine rings is 1. The van der Waals surface area contributed by atoms with E-state index in [1.165, 1.54) is 5.56 Å². The molecule has 47 heavy (non-hydrogen) atoms. The third-order valence-electron chi connectivity index (χ3n) is 8.24. The fourth-order valence-electron chi connectivity index (χ4n) is 5.59. The van der Waals surface area contributed by atoms with E-state index in [1.54, 1.807) is 12.1 Å². The lowest BCUT2D eigenvalue weighted by molar-refractivity contribution is 0.0947. The molecule has 8 nitrogen and oxygen atoms in total. The van der Waals surface area contributed by atoms with Crippen LogP contribution in [0.3, 0.4) is 0 Å². The van der Waals surface area contributed by atoms with Crippen molar-refractivity contribution >= 4 is 17.5 Å². The van der Waals surface area contributed by atoms with Gasteiger partial charge in [0.15, 0.2) is 11.5 Å². The SMILES string of the molecule is CCNC(=O)c1noc(-c2cc(Cl)c(OCc3ccccc3)cc2OCc2ccccc2)c1-c1ccc(CN2CCN(C)CC2)cc1. The van der Waals surface area contributed by atoms with Crippen LogP contribution in [0.1, 0.15) is 34.1 Å². The van der Waals surface area contributed by atoms with Gasteiger partial charge < -0.3 is 24.2 Å². The van der Waals surface area contributed by atoms with Crippen LogP contribution >= 0.6 is 11.6 Å². The smallest absolute Gasteiger partial charge is 0.274 e. The van der Waals surface area contributed by atoms with Gasteiger partial charge in [-0.25, -0.2) is 0 Å². The number of ether oxygens (including phenoxy) is 2. The van der Waals surface area contributed by atoms with E-state index in [0.717, 1.165) is 49.4 Å². The predicted octanol–water partition coefficient (Wildman–Crippen LogP) is 7.32. The molecule has 2 heterocycles. The molecule has 9 heteroatoms. The Morgan fingerprint density at radius 2 is 1.45 bits per heavy atom. The minimum Gasteiger partial charge on any atom is -0.488 e. The van der Waals surface area contributed by atoms with Crippen LogP contribution < -0.4 is 14.8 Å². The summed E-state index contributed by atoms with van der Waals surface area (Å²) in [7, 11) is 2.16. The van der Waals surface area contributed by atoms with Gasteiger partial charge in [0.1, 0.15) is 24.7 Å². The van der Waals surface area contributed by atoms with Crippen molar-refractivity contribution in [1.29, 1.82) is 0 Å². The van der Waals surface area contributed by atoms with Crippen molar-refractivity contribution in [2.24, 2.45) is 0 Å². The summed E-state index contributed by atoms with van der Waals surface area (Å²) in [4.78, 5) is 18.1. The van der Waals surface area contributed by atoms with Gasteiger partial charge in [0.05, 0.1) is 16.1 Å². The summed E-state index contributed by atoms with van der Waals surface area (Å²) in [6, 6.07) is 31.6. The maximum absolute atomic E-state index is 13.3. The number of nitrogens with one attached hydrogen (secondary N) is 1. The topological polar surface area (TPSA) is 80.1 Å². The predicted molar refractivity (Wildman–Crippen MR) is 185 cm³/mol. The molecule has 0 spiro atoms. The van der Waals surface area contributed by atoms with E-state index in [9.17, 15) is 4.79 Å². The van der Waals surface area contributed by atoms with Crippen LogP contribution in [0, 0.1) is 0 Å². The highest BCUT2D eigenvalue weighted by Crippen LogP contribution is 2.44. The second-order valence-electron chi connectivity index (χ2n) is 11.7. The lowest BCUT2D eigenvalue weighted by Gasteiger charge is -2.32. The Kier molecular flexibility index (Phi) is 10.5. The number of aromatic nitrogens is 1.